The van der Waals surface area contributed by atoms with Gasteiger partial charge in [0.25, 0.3) is 5.95 Å². The Labute approximate surface area is 114 Å². The molecule has 8 heteroatoms. The molecule has 0 fully saturated rings. The number of hydrogen-bond donors (Lipinski definition) is 0. The summed E-state index contributed by atoms with van der Waals surface area (Å²) in [5.41, 5.74) is 2.56. The van der Waals surface area contributed by atoms with Crippen LogP contribution in [0.4, 0.5) is 0 Å². The normalized spacial score (nSPS) is 10.5. The molecule has 3 rings (SSSR count). The van der Waals surface area contributed by atoms with Gasteiger partial charge in [0.2, 0.25) is 0 Å². The van der Waals surface area contributed by atoms with Crippen molar-refractivity contribution in [2.75, 3.05) is 0 Å². The van der Waals surface area contributed by atoms with Crippen molar-refractivity contribution < 1.29 is 0 Å². The number of hydrogen-bond acceptors (Lipinski definition) is 6. The van der Waals surface area contributed by atoms with Gasteiger partial charge in [0.1, 0.15) is 5.69 Å². The Morgan fingerprint density at radius 3 is 2.60 bits per heavy atom. The Bertz CT molecular complexity index is 736. The molecule has 0 radical (unpaired) electrons. The third kappa shape index (κ3) is 2.30. The molecule has 0 N–H and O–H groups in total. The molecular weight excluding hydrogens is 256 g/mol. The van der Waals surface area contributed by atoms with Crippen molar-refractivity contribution >= 4 is 5.71 Å². The Kier molecular flexibility index (Phi) is 3.04. The Morgan fingerprint density at radius 1 is 1.05 bits per heavy atom. The van der Waals surface area contributed by atoms with Crippen LogP contribution in [0, 0.1) is 0 Å². The summed E-state index contributed by atoms with van der Waals surface area (Å²) in [4.78, 5) is 1.32. The van der Waals surface area contributed by atoms with Crippen LogP contribution in [-0.4, -0.2) is 41.0 Å². The van der Waals surface area contributed by atoms with Gasteiger partial charge in [0, 0.05) is 11.3 Å². The van der Waals surface area contributed by atoms with E-state index in [4.69, 9.17) is 0 Å². The SMILES string of the molecule is CC(C)=Nn1nnnc1-n1cc(-c2ccccc2)nn1. The first-order valence-corrected chi connectivity index (χ1v) is 6.03. The number of aromatic nitrogens is 7. The summed E-state index contributed by atoms with van der Waals surface area (Å²) in [5.74, 6) is 0.390. The zero-order valence-corrected chi connectivity index (χ0v) is 11.0. The van der Waals surface area contributed by atoms with Crippen molar-refractivity contribution in [3.05, 3.63) is 36.5 Å². The first kappa shape index (κ1) is 12.2. The Morgan fingerprint density at radius 2 is 1.85 bits per heavy atom. The van der Waals surface area contributed by atoms with Crippen molar-refractivity contribution in [1.29, 1.82) is 0 Å². The van der Waals surface area contributed by atoms with E-state index in [9.17, 15) is 0 Å². The fraction of sp³-hybridized carbons (Fsp3) is 0.167. The van der Waals surface area contributed by atoms with Gasteiger partial charge in [0.05, 0.1) is 6.20 Å². The van der Waals surface area contributed by atoms with Crippen LogP contribution >= 0.6 is 0 Å². The minimum absolute atomic E-state index is 0.390. The van der Waals surface area contributed by atoms with E-state index < -0.39 is 0 Å². The van der Waals surface area contributed by atoms with Crippen LogP contribution in [0.1, 0.15) is 13.8 Å². The minimum atomic E-state index is 0.390. The van der Waals surface area contributed by atoms with Crippen LogP contribution in [0.3, 0.4) is 0 Å². The van der Waals surface area contributed by atoms with E-state index in [0.717, 1.165) is 17.0 Å². The highest BCUT2D eigenvalue weighted by Crippen LogP contribution is 2.15. The summed E-state index contributed by atoms with van der Waals surface area (Å²) >= 11 is 0. The average molecular weight is 268 g/mol. The number of nitrogens with zero attached hydrogens (tertiary/aromatic N) is 8. The summed E-state index contributed by atoms with van der Waals surface area (Å²) < 4.78 is 1.49. The fourth-order valence-electron chi connectivity index (χ4n) is 1.67. The van der Waals surface area contributed by atoms with E-state index >= 15 is 0 Å². The van der Waals surface area contributed by atoms with Gasteiger partial charge in [-0.25, -0.2) is 0 Å². The monoisotopic (exact) mass is 268 g/mol. The standard InChI is InChI=1S/C12H12N8/c1-9(2)15-20-12(14-16-18-20)19-8-11(13-17-19)10-6-4-3-5-7-10/h3-8H,1-2H3. The molecule has 0 bridgehead atoms. The highest BCUT2D eigenvalue weighted by atomic mass is 15.7. The third-order valence-corrected chi connectivity index (χ3v) is 2.50. The van der Waals surface area contributed by atoms with E-state index in [1.807, 2.05) is 44.2 Å². The molecule has 0 aliphatic rings. The van der Waals surface area contributed by atoms with Gasteiger partial charge in [-0.3, -0.25) is 0 Å². The summed E-state index contributed by atoms with van der Waals surface area (Å²) in [6.07, 6.45) is 1.76. The Balaban J connectivity index is 1.99. The summed E-state index contributed by atoms with van der Waals surface area (Å²) in [6, 6.07) is 9.77. The second-order valence-electron chi connectivity index (χ2n) is 4.33. The van der Waals surface area contributed by atoms with Crippen LogP contribution in [-0.2, 0) is 0 Å². The quantitative estimate of drug-likeness (QED) is 0.665. The highest BCUT2D eigenvalue weighted by molar-refractivity contribution is 5.78. The highest BCUT2D eigenvalue weighted by Gasteiger charge is 2.11. The van der Waals surface area contributed by atoms with Gasteiger partial charge in [-0.2, -0.15) is 9.78 Å². The maximum absolute atomic E-state index is 4.19. The topological polar surface area (TPSA) is 86.7 Å². The van der Waals surface area contributed by atoms with Crippen molar-refractivity contribution in [3.63, 3.8) is 0 Å². The van der Waals surface area contributed by atoms with Crippen LogP contribution in [0.15, 0.2) is 41.6 Å². The van der Waals surface area contributed by atoms with Crippen molar-refractivity contribution in [3.8, 4) is 17.2 Å². The molecule has 0 unspecified atom stereocenters. The second kappa shape index (κ2) is 5.00. The zero-order valence-electron chi connectivity index (χ0n) is 11.0. The van der Waals surface area contributed by atoms with Crippen molar-refractivity contribution in [1.82, 2.24) is 35.3 Å². The second-order valence-corrected chi connectivity index (χ2v) is 4.33. The van der Waals surface area contributed by atoms with E-state index in [2.05, 4.69) is 30.9 Å². The number of tetrazole rings is 1. The van der Waals surface area contributed by atoms with E-state index in [1.165, 1.54) is 9.47 Å². The molecular formula is C12H12N8. The Hall–Kier alpha value is -2.90. The molecule has 0 atom stereocenters. The van der Waals surface area contributed by atoms with E-state index in [1.54, 1.807) is 6.20 Å². The smallest absolute Gasteiger partial charge is 0.182 e. The predicted molar refractivity (Wildman–Crippen MR) is 72.4 cm³/mol. The molecule has 1 aromatic carbocycles. The third-order valence-electron chi connectivity index (χ3n) is 2.50. The van der Waals surface area contributed by atoms with Crippen LogP contribution in [0.5, 0.6) is 0 Å². The summed E-state index contributed by atoms with van der Waals surface area (Å²) in [5, 5.41) is 23.6. The molecule has 0 saturated carbocycles. The lowest BCUT2D eigenvalue weighted by molar-refractivity contribution is 0.643. The maximum Gasteiger partial charge on any atom is 0.293 e. The molecule has 0 saturated heterocycles. The predicted octanol–water partition coefficient (Wildman–Crippen LogP) is 1.16. The van der Waals surface area contributed by atoms with Gasteiger partial charge < -0.3 is 0 Å². The summed E-state index contributed by atoms with van der Waals surface area (Å²) in [7, 11) is 0. The molecule has 2 heterocycles. The lowest BCUT2D eigenvalue weighted by Crippen LogP contribution is -2.06. The zero-order chi connectivity index (χ0) is 13.9. The lowest BCUT2D eigenvalue weighted by atomic mass is 10.2. The molecule has 0 amide bonds. The molecule has 8 nitrogen and oxygen atoms in total. The molecule has 2 aromatic heterocycles. The molecule has 0 aliphatic heterocycles. The maximum atomic E-state index is 4.19. The van der Waals surface area contributed by atoms with Gasteiger partial charge in [-0.15, -0.1) is 5.10 Å². The number of benzene rings is 1. The largest absolute Gasteiger partial charge is 0.293 e. The fourth-order valence-corrected chi connectivity index (χ4v) is 1.67. The van der Waals surface area contributed by atoms with E-state index in [-0.39, 0.29) is 0 Å². The minimum Gasteiger partial charge on any atom is -0.182 e. The van der Waals surface area contributed by atoms with Gasteiger partial charge >= 0.3 is 0 Å². The van der Waals surface area contributed by atoms with Gasteiger partial charge in [-0.05, 0) is 24.3 Å². The van der Waals surface area contributed by atoms with Gasteiger partial charge in [-0.1, -0.05) is 45.4 Å². The molecule has 0 spiro atoms. The number of rotatable bonds is 3. The van der Waals surface area contributed by atoms with Crippen LogP contribution < -0.4 is 0 Å². The summed E-state index contributed by atoms with van der Waals surface area (Å²) in [6.45, 7) is 3.73. The molecule has 20 heavy (non-hydrogen) atoms. The van der Waals surface area contributed by atoms with Gasteiger partial charge in [0.15, 0.2) is 0 Å². The lowest BCUT2D eigenvalue weighted by Gasteiger charge is -1.97. The van der Waals surface area contributed by atoms with Crippen LogP contribution in [0.25, 0.3) is 17.2 Å². The molecule has 3 aromatic rings. The van der Waals surface area contributed by atoms with Crippen molar-refractivity contribution in [2.45, 2.75) is 13.8 Å². The molecule has 100 valence electrons. The van der Waals surface area contributed by atoms with Crippen LogP contribution in [0.2, 0.25) is 0 Å². The molecule has 0 aliphatic carbocycles. The van der Waals surface area contributed by atoms with Crippen molar-refractivity contribution in [2.24, 2.45) is 5.10 Å². The van der Waals surface area contributed by atoms with E-state index in [0.29, 0.717) is 5.95 Å². The first-order chi connectivity index (χ1) is 9.74. The first-order valence-electron chi connectivity index (χ1n) is 6.03. The average Bonchev–Trinajstić information content (AvgIpc) is 3.07.